The van der Waals surface area contributed by atoms with E-state index in [9.17, 15) is 0 Å². The van der Waals surface area contributed by atoms with E-state index in [0.29, 0.717) is 17.7 Å². The Labute approximate surface area is 119 Å². The molecule has 0 atom stereocenters. The number of oxime groups is 1. The van der Waals surface area contributed by atoms with E-state index in [-0.39, 0.29) is 5.84 Å². The maximum atomic E-state index is 8.58. The van der Waals surface area contributed by atoms with Crippen LogP contribution in [0.1, 0.15) is 38.2 Å². The predicted molar refractivity (Wildman–Crippen MR) is 79.3 cm³/mol. The summed E-state index contributed by atoms with van der Waals surface area (Å²) in [5, 5.41) is 15.1. The van der Waals surface area contributed by atoms with E-state index < -0.39 is 0 Å². The number of hydrogen-bond acceptors (Lipinski definition) is 4. The molecule has 1 saturated carbocycles. The molecule has 20 heavy (non-hydrogen) atoms. The predicted octanol–water partition coefficient (Wildman–Crippen LogP) is 2.08. The molecule has 110 valence electrons. The van der Waals surface area contributed by atoms with Crippen LogP contribution in [0, 0.1) is 0 Å². The molecule has 1 aromatic carbocycles. The molecule has 0 amide bonds. The number of nitrogens with zero attached hydrogens (tertiary/aromatic N) is 1. The van der Waals surface area contributed by atoms with Gasteiger partial charge in [-0.25, -0.2) is 0 Å². The van der Waals surface area contributed by atoms with Crippen molar-refractivity contribution < 1.29 is 9.94 Å². The van der Waals surface area contributed by atoms with Crippen LogP contribution in [-0.4, -0.2) is 29.7 Å². The molecular formula is C15H23N3O2. The highest BCUT2D eigenvalue weighted by atomic mass is 16.5. The Morgan fingerprint density at radius 2 is 2.00 bits per heavy atom. The molecule has 0 aliphatic heterocycles. The molecule has 0 saturated heterocycles. The molecule has 4 N–H and O–H groups in total. The average Bonchev–Trinajstić information content (AvgIpc) is 2.90. The van der Waals surface area contributed by atoms with Gasteiger partial charge < -0.3 is 21.0 Å². The molecule has 0 unspecified atom stereocenters. The molecule has 2 rings (SSSR count). The van der Waals surface area contributed by atoms with Gasteiger partial charge in [-0.15, -0.1) is 0 Å². The van der Waals surface area contributed by atoms with Crippen molar-refractivity contribution in [3.63, 3.8) is 0 Å². The van der Waals surface area contributed by atoms with E-state index in [2.05, 4.69) is 17.4 Å². The Morgan fingerprint density at radius 3 is 2.60 bits per heavy atom. The molecule has 0 radical (unpaired) electrons. The smallest absolute Gasteiger partial charge is 0.170 e. The molecule has 0 spiro atoms. The number of nitrogens with one attached hydrogen (secondary N) is 1. The van der Waals surface area contributed by atoms with Crippen molar-refractivity contribution in [2.75, 3.05) is 13.2 Å². The van der Waals surface area contributed by atoms with Crippen molar-refractivity contribution in [2.24, 2.45) is 10.9 Å². The lowest BCUT2D eigenvalue weighted by Gasteiger charge is -2.25. The fourth-order valence-electron chi connectivity index (χ4n) is 2.63. The van der Waals surface area contributed by atoms with Crippen LogP contribution in [0.5, 0.6) is 5.75 Å². The summed E-state index contributed by atoms with van der Waals surface area (Å²) in [6.45, 7) is 3.77. The first kappa shape index (κ1) is 14.7. The van der Waals surface area contributed by atoms with Crippen LogP contribution in [0.4, 0.5) is 0 Å². The van der Waals surface area contributed by atoms with Crippen LogP contribution < -0.4 is 15.8 Å². The van der Waals surface area contributed by atoms with E-state index >= 15 is 0 Å². The van der Waals surface area contributed by atoms with Crippen molar-refractivity contribution in [3.05, 3.63) is 29.8 Å². The van der Waals surface area contributed by atoms with Crippen molar-refractivity contribution in [2.45, 2.75) is 38.1 Å². The Kier molecular flexibility index (Phi) is 4.84. The van der Waals surface area contributed by atoms with Crippen molar-refractivity contribution in [1.82, 2.24) is 5.32 Å². The van der Waals surface area contributed by atoms with Gasteiger partial charge in [0.1, 0.15) is 12.4 Å². The second-order valence-corrected chi connectivity index (χ2v) is 5.55. The third-order valence-corrected chi connectivity index (χ3v) is 3.89. The molecule has 0 bridgehead atoms. The van der Waals surface area contributed by atoms with Gasteiger partial charge in [0, 0.05) is 17.6 Å². The van der Waals surface area contributed by atoms with Gasteiger partial charge in [-0.3, -0.25) is 0 Å². The summed E-state index contributed by atoms with van der Waals surface area (Å²) in [5.74, 6) is 0.894. The van der Waals surface area contributed by atoms with Gasteiger partial charge in [0.05, 0.1) is 0 Å². The third-order valence-electron chi connectivity index (χ3n) is 3.89. The zero-order chi connectivity index (χ0) is 14.4. The summed E-state index contributed by atoms with van der Waals surface area (Å²) in [6, 6.07) is 7.20. The van der Waals surface area contributed by atoms with Gasteiger partial charge in [-0.05, 0) is 44.0 Å². The van der Waals surface area contributed by atoms with Crippen LogP contribution in [0.2, 0.25) is 0 Å². The molecule has 0 heterocycles. The zero-order valence-electron chi connectivity index (χ0n) is 11.9. The second kappa shape index (κ2) is 6.61. The summed E-state index contributed by atoms with van der Waals surface area (Å²) < 4.78 is 5.67. The lowest BCUT2D eigenvalue weighted by atomic mass is 10.0. The highest BCUT2D eigenvalue weighted by molar-refractivity contribution is 5.97. The fraction of sp³-hybridized carbons (Fsp3) is 0.533. The molecule has 1 aromatic rings. The number of hydrogen-bond donors (Lipinski definition) is 3. The Morgan fingerprint density at radius 1 is 1.35 bits per heavy atom. The van der Waals surface area contributed by atoms with Crippen LogP contribution >= 0.6 is 0 Å². The standard InChI is InChI=1S/C15H23N3O2/c1-15(8-2-3-9-15)17-10-11-20-13-6-4-12(5-7-13)14(16)18-19/h4-7,17,19H,2-3,8-11H2,1H3,(H2,16,18). The summed E-state index contributed by atoms with van der Waals surface area (Å²) in [4.78, 5) is 0. The summed E-state index contributed by atoms with van der Waals surface area (Å²) in [5.41, 5.74) is 6.47. The number of amidine groups is 1. The second-order valence-electron chi connectivity index (χ2n) is 5.55. The largest absolute Gasteiger partial charge is 0.492 e. The van der Waals surface area contributed by atoms with Gasteiger partial charge in [0.25, 0.3) is 0 Å². The molecule has 1 aliphatic rings. The monoisotopic (exact) mass is 277 g/mol. The SMILES string of the molecule is CC1(NCCOc2ccc(C(N)=NO)cc2)CCCC1. The first-order chi connectivity index (χ1) is 9.63. The lowest BCUT2D eigenvalue weighted by Crippen LogP contribution is -2.41. The number of nitrogens with two attached hydrogens (primary N) is 1. The Bertz CT molecular complexity index is 451. The summed E-state index contributed by atoms with van der Waals surface area (Å²) in [7, 11) is 0. The maximum absolute atomic E-state index is 8.58. The van der Waals surface area contributed by atoms with E-state index in [1.54, 1.807) is 12.1 Å². The van der Waals surface area contributed by atoms with E-state index in [0.717, 1.165) is 12.3 Å². The Hall–Kier alpha value is -1.75. The Balaban J connectivity index is 1.74. The van der Waals surface area contributed by atoms with Gasteiger partial charge in [-0.2, -0.15) is 0 Å². The van der Waals surface area contributed by atoms with E-state index in [4.69, 9.17) is 15.7 Å². The third kappa shape index (κ3) is 3.87. The summed E-state index contributed by atoms with van der Waals surface area (Å²) >= 11 is 0. The highest BCUT2D eigenvalue weighted by Gasteiger charge is 2.27. The molecule has 0 aromatic heterocycles. The number of ether oxygens (including phenoxy) is 1. The first-order valence-electron chi connectivity index (χ1n) is 7.09. The minimum atomic E-state index is 0.104. The van der Waals surface area contributed by atoms with Crippen LogP contribution in [-0.2, 0) is 0 Å². The van der Waals surface area contributed by atoms with Gasteiger partial charge >= 0.3 is 0 Å². The maximum Gasteiger partial charge on any atom is 0.170 e. The molecule has 5 nitrogen and oxygen atoms in total. The molecular weight excluding hydrogens is 254 g/mol. The van der Waals surface area contributed by atoms with Crippen LogP contribution in [0.3, 0.4) is 0 Å². The molecule has 5 heteroatoms. The molecule has 1 fully saturated rings. The van der Waals surface area contributed by atoms with Crippen molar-refractivity contribution >= 4 is 5.84 Å². The minimum Gasteiger partial charge on any atom is -0.492 e. The lowest BCUT2D eigenvalue weighted by molar-refractivity contribution is 0.277. The topological polar surface area (TPSA) is 79.9 Å². The van der Waals surface area contributed by atoms with Crippen LogP contribution in [0.15, 0.2) is 29.4 Å². The first-order valence-corrected chi connectivity index (χ1v) is 7.09. The normalized spacial score (nSPS) is 18.1. The fourth-order valence-corrected chi connectivity index (χ4v) is 2.63. The average molecular weight is 277 g/mol. The highest BCUT2D eigenvalue weighted by Crippen LogP contribution is 2.28. The minimum absolute atomic E-state index is 0.104. The number of rotatable bonds is 6. The van der Waals surface area contributed by atoms with Gasteiger partial charge in [-0.1, -0.05) is 18.0 Å². The van der Waals surface area contributed by atoms with E-state index in [1.165, 1.54) is 25.7 Å². The molecule has 1 aliphatic carbocycles. The van der Waals surface area contributed by atoms with E-state index in [1.807, 2.05) is 12.1 Å². The van der Waals surface area contributed by atoms with Gasteiger partial charge in [0.15, 0.2) is 5.84 Å². The quantitative estimate of drug-likeness (QED) is 0.244. The van der Waals surface area contributed by atoms with Crippen molar-refractivity contribution in [3.8, 4) is 5.75 Å². The van der Waals surface area contributed by atoms with Crippen LogP contribution in [0.25, 0.3) is 0 Å². The summed E-state index contributed by atoms with van der Waals surface area (Å²) in [6.07, 6.45) is 5.14. The van der Waals surface area contributed by atoms with Gasteiger partial charge in [0.2, 0.25) is 0 Å². The zero-order valence-corrected chi connectivity index (χ0v) is 11.9. The van der Waals surface area contributed by atoms with Crippen molar-refractivity contribution in [1.29, 1.82) is 0 Å². The number of benzene rings is 1.